The minimum absolute atomic E-state index is 0.0222. The Hall–Kier alpha value is -1.06. The van der Waals surface area contributed by atoms with Crippen molar-refractivity contribution in [1.29, 1.82) is 0 Å². The lowest BCUT2D eigenvalue weighted by molar-refractivity contribution is 0.108. The van der Waals surface area contributed by atoms with Gasteiger partial charge >= 0.3 is 0 Å². The first-order valence-electron chi connectivity index (χ1n) is 5.79. The van der Waals surface area contributed by atoms with E-state index in [4.69, 9.17) is 10.5 Å². The summed E-state index contributed by atoms with van der Waals surface area (Å²) in [6, 6.07) is 8.04. The molecule has 1 rings (SSSR count). The van der Waals surface area contributed by atoms with Crippen molar-refractivity contribution < 1.29 is 9.84 Å². The summed E-state index contributed by atoms with van der Waals surface area (Å²) in [5, 5.41) is 9.38. The molecular weight excluding hydrogens is 202 g/mol. The van der Waals surface area contributed by atoms with Crippen LogP contribution in [0.5, 0.6) is 5.75 Å². The number of hydrogen-bond donors (Lipinski definition) is 2. The van der Waals surface area contributed by atoms with Gasteiger partial charge in [-0.1, -0.05) is 19.1 Å². The van der Waals surface area contributed by atoms with Crippen LogP contribution in [0.25, 0.3) is 0 Å². The maximum Gasteiger partial charge on any atom is 0.119 e. The maximum absolute atomic E-state index is 9.38. The summed E-state index contributed by atoms with van der Waals surface area (Å²) in [7, 11) is 0. The maximum atomic E-state index is 9.38. The fourth-order valence-corrected chi connectivity index (χ4v) is 1.56. The van der Waals surface area contributed by atoms with E-state index >= 15 is 0 Å². The van der Waals surface area contributed by atoms with Crippen LogP contribution in [-0.4, -0.2) is 23.9 Å². The molecule has 1 aromatic carbocycles. The van der Waals surface area contributed by atoms with Gasteiger partial charge in [0.25, 0.3) is 0 Å². The first kappa shape index (κ1) is 13.0. The summed E-state index contributed by atoms with van der Waals surface area (Å²) < 4.78 is 5.67. The van der Waals surface area contributed by atoms with Gasteiger partial charge in [0, 0.05) is 13.0 Å². The highest BCUT2D eigenvalue weighted by atomic mass is 16.5. The number of aryl methyl sites for hydroxylation is 1. The van der Waals surface area contributed by atoms with Gasteiger partial charge in [0.2, 0.25) is 0 Å². The zero-order valence-corrected chi connectivity index (χ0v) is 10.0. The molecule has 0 amide bonds. The van der Waals surface area contributed by atoms with Gasteiger partial charge in [-0.25, -0.2) is 0 Å². The van der Waals surface area contributed by atoms with E-state index in [0.29, 0.717) is 6.42 Å². The molecule has 0 radical (unpaired) electrons. The third-order valence-electron chi connectivity index (χ3n) is 2.54. The van der Waals surface area contributed by atoms with Gasteiger partial charge in [0.05, 0.1) is 12.2 Å². The Morgan fingerprint density at radius 2 is 1.94 bits per heavy atom. The van der Waals surface area contributed by atoms with E-state index in [2.05, 4.69) is 19.1 Å². The van der Waals surface area contributed by atoms with E-state index in [1.165, 1.54) is 5.56 Å². The molecule has 0 fully saturated rings. The Kier molecular flexibility index (Phi) is 5.29. The molecule has 0 aromatic heterocycles. The molecule has 0 saturated heterocycles. The predicted octanol–water partition coefficient (Wildman–Crippen LogP) is 1.73. The zero-order chi connectivity index (χ0) is 12.0. The van der Waals surface area contributed by atoms with Gasteiger partial charge in [-0.15, -0.1) is 0 Å². The van der Waals surface area contributed by atoms with Gasteiger partial charge in [-0.3, -0.25) is 0 Å². The Labute approximate surface area is 97.2 Å². The average molecular weight is 223 g/mol. The van der Waals surface area contributed by atoms with Crippen molar-refractivity contribution in [2.75, 3.05) is 6.54 Å². The van der Waals surface area contributed by atoms with Crippen LogP contribution in [0, 0.1) is 0 Å². The highest BCUT2D eigenvalue weighted by molar-refractivity contribution is 5.27. The highest BCUT2D eigenvalue weighted by Crippen LogP contribution is 2.15. The second kappa shape index (κ2) is 6.51. The standard InChI is InChI=1S/C13H21NO2/c1-3-11-4-6-13(7-5-11)16-10(2)8-12(15)9-14/h4-7,10,12,15H,3,8-9,14H2,1-2H3. The number of aliphatic hydroxyl groups excluding tert-OH is 1. The van der Waals surface area contributed by atoms with Crippen LogP contribution in [0.2, 0.25) is 0 Å². The highest BCUT2D eigenvalue weighted by Gasteiger charge is 2.09. The average Bonchev–Trinajstić information content (AvgIpc) is 2.29. The molecule has 3 nitrogen and oxygen atoms in total. The van der Waals surface area contributed by atoms with E-state index in [0.717, 1.165) is 12.2 Å². The van der Waals surface area contributed by atoms with Gasteiger partial charge in [0.15, 0.2) is 0 Å². The fraction of sp³-hybridized carbons (Fsp3) is 0.538. The Balaban J connectivity index is 2.46. The van der Waals surface area contributed by atoms with E-state index in [-0.39, 0.29) is 12.6 Å². The molecule has 2 atom stereocenters. The summed E-state index contributed by atoms with van der Waals surface area (Å²) >= 11 is 0. The molecule has 0 bridgehead atoms. The van der Waals surface area contributed by atoms with Crippen molar-refractivity contribution in [3.05, 3.63) is 29.8 Å². The number of rotatable bonds is 6. The van der Waals surface area contributed by atoms with Crippen LogP contribution in [0.4, 0.5) is 0 Å². The largest absolute Gasteiger partial charge is 0.491 e. The third kappa shape index (κ3) is 4.21. The molecule has 90 valence electrons. The van der Waals surface area contributed by atoms with Crippen molar-refractivity contribution in [3.8, 4) is 5.75 Å². The monoisotopic (exact) mass is 223 g/mol. The first-order valence-corrected chi connectivity index (χ1v) is 5.79. The van der Waals surface area contributed by atoms with Crippen molar-refractivity contribution in [2.45, 2.75) is 38.9 Å². The number of nitrogens with two attached hydrogens (primary N) is 1. The Morgan fingerprint density at radius 3 is 2.44 bits per heavy atom. The minimum Gasteiger partial charge on any atom is -0.491 e. The van der Waals surface area contributed by atoms with Crippen LogP contribution in [0.15, 0.2) is 24.3 Å². The zero-order valence-electron chi connectivity index (χ0n) is 10.0. The lowest BCUT2D eigenvalue weighted by Crippen LogP contribution is -2.26. The van der Waals surface area contributed by atoms with E-state index < -0.39 is 6.10 Å². The number of benzene rings is 1. The molecule has 16 heavy (non-hydrogen) atoms. The normalized spacial score (nSPS) is 14.5. The van der Waals surface area contributed by atoms with Crippen molar-refractivity contribution in [1.82, 2.24) is 0 Å². The summed E-state index contributed by atoms with van der Waals surface area (Å²) in [5.74, 6) is 0.842. The van der Waals surface area contributed by atoms with E-state index in [9.17, 15) is 5.11 Å². The summed E-state index contributed by atoms with van der Waals surface area (Å²) in [4.78, 5) is 0. The van der Waals surface area contributed by atoms with Crippen molar-refractivity contribution >= 4 is 0 Å². The molecule has 3 heteroatoms. The smallest absolute Gasteiger partial charge is 0.119 e. The SMILES string of the molecule is CCc1ccc(OC(C)CC(O)CN)cc1. The first-order chi connectivity index (χ1) is 7.65. The lowest BCUT2D eigenvalue weighted by atomic mass is 10.1. The molecule has 0 aliphatic heterocycles. The summed E-state index contributed by atoms with van der Waals surface area (Å²) in [6.45, 7) is 4.34. The van der Waals surface area contributed by atoms with Gasteiger partial charge in [-0.2, -0.15) is 0 Å². The van der Waals surface area contributed by atoms with Gasteiger partial charge in [0.1, 0.15) is 5.75 Å². The van der Waals surface area contributed by atoms with Gasteiger partial charge in [-0.05, 0) is 31.0 Å². The Bertz CT molecular complexity index is 297. The van der Waals surface area contributed by atoms with E-state index in [1.807, 2.05) is 19.1 Å². The molecular formula is C13H21NO2. The van der Waals surface area contributed by atoms with Crippen LogP contribution < -0.4 is 10.5 Å². The Morgan fingerprint density at radius 1 is 1.31 bits per heavy atom. The number of ether oxygens (including phenoxy) is 1. The third-order valence-corrected chi connectivity index (χ3v) is 2.54. The van der Waals surface area contributed by atoms with Crippen molar-refractivity contribution in [2.24, 2.45) is 5.73 Å². The van der Waals surface area contributed by atoms with Gasteiger partial charge < -0.3 is 15.6 Å². The molecule has 0 spiro atoms. The number of hydrogen-bond acceptors (Lipinski definition) is 3. The fourth-order valence-electron chi connectivity index (χ4n) is 1.56. The molecule has 0 aliphatic carbocycles. The molecule has 1 aromatic rings. The minimum atomic E-state index is -0.482. The molecule has 2 unspecified atom stereocenters. The summed E-state index contributed by atoms with van der Waals surface area (Å²) in [5.41, 5.74) is 6.64. The number of aliphatic hydroxyl groups is 1. The summed E-state index contributed by atoms with van der Waals surface area (Å²) in [6.07, 6.45) is 1.09. The van der Waals surface area contributed by atoms with Crippen LogP contribution in [0.1, 0.15) is 25.8 Å². The topological polar surface area (TPSA) is 55.5 Å². The lowest BCUT2D eigenvalue weighted by Gasteiger charge is -2.17. The van der Waals surface area contributed by atoms with Crippen molar-refractivity contribution in [3.63, 3.8) is 0 Å². The second-order valence-electron chi connectivity index (χ2n) is 4.05. The quantitative estimate of drug-likeness (QED) is 0.772. The second-order valence-corrected chi connectivity index (χ2v) is 4.05. The predicted molar refractivity (Wildman–Crippen MR) is 65.6 cm³/mol. The van der Waals surface area contributed by atoms with Crippen LogP contribution >= 0.6 is 0 Å². The molecule has 3 N–H and O–H groups in total. The van der Waals surface area contributed by atoms with Crippen LogP contribution in [-0.2, 0) is 6.42 Å². The molecule has 0 saturated carbocycles. The molecule has 0 heterocycles. The van der Waals surface area contributed by atoms with E-state index in [1.54, 1.807) is 0 Å². The molecule has 0 aliphatic rings. The van der Waals surface area contributed by atoms with Crippen LogP contribution in [0.3, 0.4) is 0 Å².